The van der Waals surface area contributed by atoms with Crippen molar-refractivity contribution in [3.8, 4) is 0 Å². The molecule has 2 unspecified atom stereocenters. The van der Waals surface area contributed by atoms with E-state index in [0.717, 1.165) is 25.6 Å². The first kappa shape index (κ1) is 14.9. The lowest BCUT2D eigenvalue weighted by Gasteiger charge is -2.17. The predicted molar refractivity (Wildman–Crippen MR) is 69.3 cm³/mol. The molecule has 0 saturated carbocycles. The molecular formula is C13H30N2. The number of rotatable bonds is 10. The minimum Gasteiger partial charge on any atom is -0.317 e. The topological polar surface area (TPSA) is 24.1 Å². The van der Waals surface area contributed by atoms with Gasteiger partial charge in [0.15, 0.2) is 0 Å². The van der Waals surface area contributed by atoms with Crippen molar-refractivity contribution in [1.82, 2.24) is 10.6 Å². The molecule has 2 heteroatoms. The van der Waals surface area contributed by atoms with Gasteiger partial charge in [0.05, 0.1) is 0 Å². The Morgan fingerprint density at radius 3 is 2.33 bits per heavy atom. The number of nitrogens with one attached hydrogen (secondary N) is 2. The molecule has 0 fully saturated rings. The Bertz CT molecular complexity index is 126. The van der Waals surface area contributed by atoms with E-state index in [1.165, 1.54) is 25.7 Å². The highest BCUT2D eigenvalue weighted by Gasteiger charge is 2.04. The fraction of sp³-hybridized carbons (Fsp3) is 1.00. The fourth-order valence-electron chi connectivity index (χ4n) is 1.67. The van der Waals surface area contributed by atoms with E-state index in [4.69, 9.17) is 0 Å². The van der Waals surface area contributed by atoms with Gasteiger partial charge >= 0.3 is 0 Å². The molecule has 2 atom stereocenters. The van der Waals surface area contributed by atoms with Crippen LogP contribution in [0.2, 0.25) is 0 Å². The zero-order valence-electron chi connectivity index (χ0n) is 11.1. The third-order valence-corrected chi connectivity index (χ3v) is 2.80. The summed E-state index contributed by atoms with van der Waals surface area (Å²) in [5.41, 5.74) is 0. The maximum Gasteiger partial charge on any atom is 0.00388 e. The molecule has 0 aliphatic heterocycles. The summed E-state index contributed by atoms with van der Waals surface area (Å²) >= 11 is 0. The van der Waals surface area contributed by atoms with E-state index in [2.05, 4.69) is 38.3 Å². The molecule has 0 rings (SSSR count). The summed E-state index contributed by atoms with van der Waals surface area (Å²) in [5, 5.41) is 6.99. The van der Waals surface area contributed by atoms with Crippen molar-refractivity contribution in [2.45, 2.75) is 59.4 Å². The summed E-state index contributed by atoms with van der Waals surface area (Å²) in [5.74, 6) is 0.735. The Labute approximate surface area is 96.2 Å². The van der Waals surface area contributed by atoms with Crippen LogP contribution < -0.4 is 10.6 Å². The van der Waals surface area contributed by atoms with Crippen molar-refractivity contribution in [2.24, 2.45) is 5.92 Å². The summed E-state index contributed by atoms with van der Waals surface area (Å²) in [6.07, 6.45) is 5.39. The van der Waals surface area contributed by atoms with Gasteiger partial charge in [0.2, 0.25) is 0 Å². The van der Waals surface area contributed by atoms with Gasteiger partial charge in [0, 0.05) is 6.04 Å². The lowest BCUT2D eigenvalue weighted by Crippen LogP contribution is -2.34. The first-order valence-electron chi connectivity index (χ1n) is 6.64. The number of hydrogen-bond acceptors (Lipinski definition) is 2. The summed E-state index contributed by atoms with van der Waals surface area (Å²) in [4.78, 5) is 0. The molecule has 92 valence electrons. The lowest BCUT2D eigenvalue weighted by molar-refractivity contribution is 0.421. The maximum absolute atomic E-state index is 3.61. The molecule has 0 saturated heterocycles. The van der Waals surface area contributed by atoms with Crippen molar-refractivity contribution < 1.29 is 0 Å². The zero-order valence-corrected chi connectivity index (χ0v) is 11.1. The third-order valence-electron chi connectivity index (χ3n) is 2.80. The highest BCUT2D eigenvalue weighted by Crippen LogP contribution is 2.03. The monoisotopic (exact) mass is 214 g/mol. The Kier molecular flexibility index (Phi) is 10.4. The van der Waals surface area contributed by atoms with Crippen LogP contribution in [0.5, 0.6) is 0 Å². The van der Waals surface area contributed by atoms with Crippen LogP contribution in [-0.2, 0) is 0 Å². The molecule has 0 aromatic carbocycles. The first-order chi connectivity index (χ1) is 7.20. The van der Waals surface area contributed by atoms with E-state index in [-0.39, 0.29) is 0 Å². The molecule has 0 aliphatic carbocycles. The smallest absolute Gasteiger partial charge is 0.00388 e. The fourth-order valence-corrected chi connectivity index (χ4v) is 1.67. The van der Waals surface area contributed by atoms with E-state index >= 15 is 0 Å². The molecule has 15 heavy (non-hydrogen) atoms. The van der Waals surface area contributed by atoms with Gasteiger partial charge in [-0.3, -0.25) is 0 Å². The Hall–Kier alpha value is -0.0800. The molecule has 2 nitrogen and oxygen atoms in total. The summed E-state index contributed by atoms with van der Waals surface area (Å²) in [6, 6.07) is 0.681. The molecule has 0 aliphatic rings. The molecule has 0 bridgehead atoms. The second kappa shape index (κ2) is 10.4. The molecular weight excluding hydrogens is 184 g/mol. The van der Waals surface area contributed by atoms with Crippen LogP contribution in [0, 0.1) is 5.92 Å². The Balaban J connectivity index is 3.31. The number of hydrogen-bond donors (Lipinski definition) is 2. The summed E-state index contributed by atoms with van der Waals surface area (Å²) in [6.45, 7) is 12.4. The van der Waals surface area contributed by atoms with Crippen LogP contribution in [0.15, 0.2) is 0 Å². The molecule has 0 radical (unpaired) electrons. The molecule has 0 aromatic heterocycles. The van der Waals surface area contributed by atoms with E-state index in [1.54, 1.807) is 0 Å². The average Bonchev–Trinajstić information content (AvgIpc) is 2.24. The normalized spacial score (nSPS) is 15.2. The average molecular weight is 214 g/mol. The van der Waals surface area contributed by atoms with Gasteiger partial charge in [-0.15, -0.1) is 0 Å². The van der Waals surface area contributed by atoms with Crippen molar-refractivity contribution in [3.63, 3.8) is 0 Å². The summed E-state index contributed by atoms with van der Waals surface area (Å²) < 4.78 is 0. The zero-order chi connectivity index (χ0) is 11.5. The highest BCUT2D eigenvalue weighted by atomic mass is 14.9. The Morgan fingerprint density at radius 1 is 1.00 bits per heavy atom. The van der Waals surface area contributed by atoms with E-state index in [0.29, 0.717) is 6.04 Å². The van der Waals surface area contributed by atoms with Gasteiger partial charge in [0.1, 0.15) is 0 Å². The standard InChI is InChI=1S/C13H30N2/c1-5-7-8-9-13(4)15-11-12(3)10-14-6-2/h12-15H,5-11H2,1-4H3. The second-order valence-corrected chi connectivity index (χ2v) is 4.72. The van der Waals surface area contributed by atoms with Gasteiger partial charge in [-0.1, -0.05) is 40.0 Å². The van der Waals surface area contributed by atoms with Crippen molar-refractivity contribution in [3.05, 3.63) is 0 Å². The van der Waals surface area contributed by atoms with Crippen LogP contribution in [0.4, 0.5) is 0 Å². The van der Waals surface area contributed by atoms with Crippen LogP contribution in [0.3, 0.4) is 0 Å². The van der Waals surface area contributed by atoms with E-state index < -0.39 is 0 Å². The molecule has 0 spiro atoms. The Morgan fingerprint density at radius 2 is 1.73 bits per heavy atom. The van der Waals surface area contributed by atoms with E-state index in [1.807, 2.05) is 0 Å². The SMILES string of the molecule is CCCCCC(C)NCC(C)CNCC. The minimum absolute atomic E-state index is 0.681. The minimum atomic E-state index is 0.681. The van der Waals surface area contributed by atoms with Gasteiger partial charge < -0.3 is 10.6 Å². The van der Waals surface area contributed by atoms with Crippen LogP contribution in [-0.4, -0.2) is 25.7 Å². The third kappa shape index (κ3) is 10.2. The van der Waals surface area contributed by atoms with Crippen molar-refractivity contribution in [1.29, 1.82) is 0 Å². The van der Waals surface area contributed by atoms with Crippen molar-refractivity contribution in [2.75, 3.05) is 19.6 Å². The summed E-state index contributed by atoms with van der Waals surface area (Å²) in [7, 11) is 0. The van der Waals surface area contributed by atoms with Gasteiger partial charge in [-0.25, -0.2) is 0 Å². The molecule has 0 aromatic rings. The predicted octanol–water partition coefficient (Wildman–Crippen LogP) is 2.79. The van der Waals surface area contributed by atoms with Gasteiger partial charge in [0.25, 0.3) is 0 Å². The van der Waals surface area contributed by atoms with Crippen LogP contribution >= 0.6 is 0 Å². The largest absolute Gasteiger partial charge is 0.317 e. The highest BCUT2D eigenvalue weighted by molar-refractivity contribution is 4.65. The second-order valence-electron chi connectivity index (χ2n) is 4.72. The quantitative estimate of drug-likeness (QED) is 0.546. The molecule has 0 amide bonds. The number of unbranched alkanes of at least 4 members (excludes halogenated alkanes) is 2. The first-order valence-corrected chi connectivity index (χ1v) is 6.64. The van der Waals surface area contributed by atoms with E-state index in [9.17, 15) is 0 Å². The molecule has 0 heterocycles. The van der Waals surface area contributed by atoms with Gasteiger partial charge in [-0.05, 0) is 38.9 Å². The lowest BCUT2D eigenvalue weighted by atomic mass is 10.1. The molecule has 2 N–H and O–H groups in total. The van der Waals surface area contributed by atoms with Gasteiger partial charge in [-0.2, -0.15) is 0 Å². The van der Waals surface area contributed by atoms with Crippen LogP contribution in [0.1, 0.15) is 53.4 Å². The maximum atomic E-state index is 3.61. The van der Waals surface area contributed by atoms with Crippen molar-refractivity contribution >= 4 is 0 Å². The van der Waals surface area contributed by atoms with Crippen LogP contribution in [0.25, 0.3) is 0 Å².